The lowest BCUT2D eigenvalue weighted by molar-refractivity contribution is -0.128. The van der Waals surface area contributed by atoms with E-state index in [1.165, 1.54) is 0 Å². The van der Waals surface area contributed by atoms with Crippen LogP contribution in [0.2, 0.25) is 0 Å². The van der Waals surface area contributed by atoms with Gasteiger partial charge in [0.25, 0.3) is 5.91 Å². The van der Waals surface area contributed by atoms with Crippen molar-refractivity contribution in [3.05, 3.63) is 29.8 Å². The van der Waals surface area contributed by atoms with Gasteiger partial charge in [-0.3, -0.25) is 4.79 Å². The molecule has 1 atom stereocenters. The summed E-state index contributed by atoms with van der Waals surface area (Å²) in [6.07, 6.45) is 1.58. The number of amides is 1. The van der Waals surface area contributed by atoms with Crippen LogP contribution in [0.3, 0.4) is 0 Å². The van der Waals surface area contributed by atoms with E-state index < -0.39 is 6.10 Å². The largest absolute Gasteiger partial charge is 0.481 e. The fraction of sp³-hybridized carbons (Fsp3) is 0.632. The van der Waals surface area contributed by atoms with E-state index in [0.29, 0.717) is 5.92 Å². The van der Waals surface area contributed by atoms with Gasteiger partial charge in [0.15, 0.2) is 6.10 Å². The van der Waals surface area contributed by atoms with E-state index >= 15 is 0 Å². The predicted molar refractivity (Wildman–Crippen MR) is 93.7 cm³/mol. The molecule has 2 rings (SSSR count). The number of aryl methyl sites for hydroxylation is 1. The zero-order valence-corrected chi connectivity index (χ0v) is 14.8. The van der Waals surface area contributed by atoms with E-state index in [2.05, 4.69) is 24.1 Å². The normalized spacial score (nSPS) is 18.0. The summed E-state index contributed by atoms with van der Waals surface area (Å²) in [5, 5.41) is 3.14. The van der Waals surface area contributed by atoms with Gasteiger partial charge < -0.3 is 15.0 Å². The lowest BCUT2D eigenvalue weighted by atomic mass is 10.0. The van der Waals surface area contributed by atoms with Gasteiger partial charge in [-0.2, -0.15) is 0 Å². The van der Waals surface area contributed by atoms with Gasteiger partial charge in [0.1, 0.15) is 5.75 Å². The molecule has 1 aromatic carbocycles. The Hall–Kier alpha value is -1.55. The summed E-state index contributed by atoms with van der Waals surface area (Å²) < 4.78 is 5.75. The first kappa shape index (κ1) is 17.8. The maximum Gasteiger partial charge on any atom is 0.260 e. The molecule has 1 fully saturated rings. The van der Waals surface area contributed by atoms with E-state index in [-0.39, 0.29) is 11.9 Å². The number of benzene rings is 1. The Morgan fingerprint density at radius 1 is 1.30 bits per heavy atom. The molecule has 1 aliphatic heterocycles. The second kappa shape index (κ2) is 8.34. The first-order valence-electron chi connectivity index (χ1n) is 8.70. The van der Waals surface area contributed by atoms with Gasteiger partial charge in [0.2, 0.25) is 0 Å². The Labute approximate surface area is 140 Å². The highest BCUT2D eigenvalue weighted by Crippen LogP contribution is 2.15. The van der Waals surface area contributed by atoms with E-state index in [9.17, 15) is 4.79 Å². The Morgan fingerprint density at radius 3 is 2.61 bits per heavy atom. The molecular weight excluding hydrogens is 288 g/mol. The number of hydrogen-bond acceptors (Lipinski definition) is 3. The van der Waals surface area contributed by atoms with Crippen molar-refractivity contribution in [2.75, 3.05) is 19.6 Å². The van der Waals surface area contributed by atoms with Crippen molar-refractivity contribution in [1.29, 1.82) is 0 Å². The fourth-order valence-electron chi connectivity index (χ4n) is 3.04. The number of nitrogens with one attached hydrogen (secondary N) is 1. The average Bonchev–Trinajstić information content (AvgIpc) is 2.48. The molecule has 0 radical (unpaired) electrons. The van der Waals surface area contributed by atoms with Gasteiger partial charge in [-0.05, 0) is 50.3 Å². The number of ether oxygens (including phenoxy) is 1. The molecule has 1 unspecified atom stereocenters. The van der Waals surface area contributed by atoms with Crippen molar-refractivity contribution in [2.45, 2.75) is 52.7 Å². The van der Waals surface area contributed by atoms with Crippen LogP contribution in [0.4, 0.5) is 0 Å². The van der Waals surface area contributed by atoms with Crippen LogP contribution in [0.5, 0.6) is 5.75 Å². The van der Waals surface area contributed by atoms with Gasteiger partial charge in [-0.15, -0.1) is 0 Å². The molecule has 1 heterocycles. The molecule has 4 heteroatoms. The molecule has 0 aromatic heterocycles. The summed E-state index contributed by atoms with van der Waals surface area (Å²) in [6.45, 7) is 11.6. The van der Waals surface area contributed by atoms with E-state index in [1.54, 1.807) is 0 Å². The van der Waals surface area contributed by atoms with Gasteiger partial charge in [-0.1, -0.05) is 26.0 Å². The number of hydrogen-bond donors (Lipinski definition) is 1. The number of nitrogens with zero attached hydrogens (tertiary/aromatic N) is 1. The van der Waals surface area contributed by atoms with Crippen LogP contribution in [0, 0.1) is 12.8 Å². The number of rotatable bonds is 6. The maximum absolute atomic E-state index is 12.3. The zero-order chi connectivity index (χ0) is 16.8. The topological polar surface area (TPSA) is 41.6 Å². The number of piperidine rings is 1. The van der Waals surface area contributed by atoms with E-state index in [4.69, 9.17) is 4.74 Å². The molecule has 23 heavy (non-hydrogen) atoms. The molecule has 1 aliphatic rings. The summed E-state index contributed by atoms with van der Waals surface area (Å²) in [4.78, 5) is 14.8. The van der Waals surface area contributed by atoms with Crippen LogP contribution in [0.25, 0.3) is 0 Å². The zero-order valence-electron chi connectivity index (χ0n) is 14.8. The average molecular weight is 318 g/mol. The second-order valence-electron chi connectivity index (χ2n) is 7.05. The summed E-state index contributed by atoms with van der Waals surface area (Å²) in [6, 6.07) is 8.08. The minimum atomic E-state index is -0.467. The van der Waals surface area contributed by atoms with Gasteiger partial charge in [0.05, 0.1) is 0 Å². The van der Waals surface area contributed by atoms with Crippen LogP contribution in [0.1, 0.15) is 39.2 Å². The highest BCUT2D eigenvalue weighted by Gasteiger charge is 2.23. The van der Waals surface area contributed by atoms with Crippen LogP contribution in [0.15, 0.2) is 24.3 Å². The standard InChI is InChI=1S/C19H30N2O2/c1-14(2)13-21-10-8-17(9-11-21)20-19(22)16(4)23-18-7-5-6-15(3)12-18/h5-7,12,14,16-17H,8-11,13H2,1-4H3,(H,20,22). The smallest absolute Gasteiger partial charge is 0.260 e. The van der Waals surface area contributed by atoms with Crippen molar-refractivity contribution >= 4 is 5.91 Å². The molecule has 1 aromatic rings. The summed E-state index contributed by atoms with van der Waals surface area (Å²) in [7, 11) is 0. The first-order chi connectivity index (χ1) is 10.9. The second-order valence-corrected chi connectivity index (χ2v) is 7.05. The lowest BCUT2D eigenvalue weighted by Gasteiger charge is -2.33. The molecule has 1 N–H and O–H groups in total. The quantitative estimate of drug-likeness (QED) is 0.877. The molecule has 0 aliphatic carbocycles. The van der Waals surface area contributed by atoms with Gasteiger partial charge in [-0.25, -0.2) is 0 Å². The molecule has 0 bridgehead atoms. The molecule has 1 amide bonds. The van der Waals surface area contributed by atoms with Crippen molar-refractivity contribution in [2.24, 2.45) is 5.92 Å². The first-order valence-corrected chi connectivity index (χ1v) is 8.70. The lowest BCUT2D eigenvalue weighted by Crippen LogP contribution is -2.48. The van der Waals surface area contributed by atoms with Crippen LogP contribution < -0.4 is 10.1 Å². The number of likely N-dealkylation sites (tertiary alicyclic amines) is 1. The maximum atomic E-state index is 12.3. The van der Waals surface area contributed by atoms with Crippen molar-refractivity contribution in [1.82, 2.24) is 10.2 Å². The third-order valence-corrected chi connectivity index (χ3v) is 4.23. The highest BCUT2D eigenvalue weighted by molar-refractivity contribution is 5.81. The van der Waals surface area contributed by atoms with Crippen molar-refractivity contribution in [3.8, 4) is 5.75 Å². The Bertz CT molecular complexity index is 508. The van der Waals surface area contributed by atoms with Crippen molar-refractivity contribution < 1.29 is 9.53 Å². The third-order valence-electron chi connectivity index (χ3n) is 4.23. The van der Waals surface area contributed by atoms with Crippen LogP contribution >= 0.6 is 0 Å². The van der Waals surface area contributed by atoms with Crippen molar-refractivity contribution in [3.63, 3.8) is 0 Å². The van der Waals surface area contributed by atoms with Crippen LogP contribution in [-0.2, 0) is 4.79 Å². The minimum absolute atomic E-state index is 0.0196. The SMILES string of the molecule is Cc1cccc(OC(C)C(=O)NC2CCN(CC(C)C)CC2)c1. The van der Waals surface area contributed by atoms with Crippen LogP contribution in [-0.4, -0.2) is 42.6 Å². The van der Waals surface area contributed by atoms with E-state index in [0.717, 1.165) is 43.8 Å². The highest BCUT2D eigenvalue weighted by atomic mass is 16.5. The summed E-state index contributed by atoms with van der Waals surface area (Å²) in [5.74, 6) is 1.43. The third kappa shape index (κ3) is 5.87. The van der Waals surface area contributed by atoms with Gasteiger partial charge in [0, 0.05) is 25.7 Å². The Balaban J connectivity index is 1.76. The fourth-order valence-corrected chi connectivity index (χ4v) is 3.04. The molecular formula is C19H30N2O2. The Morgan fingerprint density at radius 2 is 2.00 bits per heavy atom. The molecule has 0 spiro atoms. The number of carbonyl (C=O) groups excluding carboxylic acids is 1. The predicted octanol–water partition coefficient (Wildman–Crippen LogP) is 3.00. The summed E-state index contributed by atoms with van der Waals surface area (Å²) >= 11 is 0. The van der Waals surface area contributed by atoms with Gasteiger partial charge >= 0.3 is 0 Å². The minimum Gasteiger partial charge on any atom is -0.481 e. The number of carbonyl (C=O) groups is 1. The van der Waals surface area contributed by atoms with E-state index in [1.807, 2.05) is 38.1 Å². The molecule has 128 valence electrons. The molecule has 0 saturated carbocycles. The molecule has 1 saturated heterocycles. The Kier molecular flexibility index (Phi) is 6.46. The monoisotopic (exact) mass is 318 g/mol. The molecule has 4 nitrogen and oxygen atoms in total. The summed E-state index contributed by atoms with van der Waals surface area (Å²) in [5.41, 5.74) is 1.13.